The Kier molecular flexibility index (Phi) is 6.09. The monoisotopic (exact) mass is 341 g/mol. The SMILES string of the molecule is C[C@H]1CN(C(=O)CN2CCN(C(=O)OC(C)(C)C)[C@@H](C)C2)CCO1. The molecule has 2 heterocycles. The third-order valence-corrected chi connectivity index (χ3v) is 4.29. The standard InChI is InChI=1S/C17H31N3O4/c1-13-10-18(6-7-20(13)16(22)24-17(3,4)5)12-15(21)19-8-9-23-14(2)11-19/h13-14H,6-12H2,1-5H3/t13-,14-/m0/s1. The van der Waals surface area contributed by atoms with E-state index < -0.39 is 5.60 Å². The second kappa shape index (κ2) is 7.70. The molecule has 7 heteroatoms. The Morgan fingerprint density at radius 1 is 1.12 bits per heavy atom. The molecule has 0 aliphatic carbocycles. The summed E-state index contributed by atoms with van der Waals surface area (Å²) in [5, 5.41) is 0. The lowest BCUT2D eigenvalue weighted by Crippen LogP contribution is -2.57. The Balaban J connectivity index is 1.82. The molecule has 0 aromatic carbocycles. The van der Waals surface area contributed by atoms with E-state index in [0.717, 1.165) is 0 Å². The van der Waals surface area contributed by atoms with Gasteiger partial charge in [0, 0.05) is 38.8 Å². The summed E-state index contributed by atoms with van der Waals surface area (Å²) in [5.41, 5.74) is -0.489. The van der Waals surface area contributed by atoms with E-state index in [1.165, 1.54) is 0 Å². The highest BCUT2D eigenvalue weighted by Crippen LogP contribution is 2.16. The molecule has 0 aromatic rings. The van der Waals surface area contributed by atoms with Gasteiger partial charge in [-0.05, 0) is 34.6 Å². The van der Waals surface area contributed by atoms with Crippen molar-refractivity contribution in [3.05, 3.63) is 0 Å². The Labute approximate surface area is 144 Å². The smallest absolute Gasteiger partial charge is 0.410 e. The summed E-state index contributed by atoms with van der Waals surface area (Å²) in [6.07, 6.45) is -0.173. The fourth-order valence-corrected chi connectivity index (χ4v) is 3.10. The van der Waals surface area contributed by atoms with Gasteiger partial charge >= 0.3 is 6.09 Å². The highest BCUT2D eigenvalue weighted by molar-refractivity contribution is 5.78. The van der Waals surface area contributed by atoms with Crippen LogP contribution in [0.2, 0.25) is 0 Å². The molecule has 0 bridgehead atoms. The molecule has 2 aliphatic heterocycles. The lowest BCUT2D eigenvalue weighted by molar-refractivity contribution is -0.139. The molecule has 0 radical (unpaired) electrons. The predicted octanol–water partition coefficient (Wildman–Crippen LogP) is 1.17. The van der Waals surface area contributed by atoms with Crippen molar-refractivity contribution in [2.45, 2.75) is 52.4 Å². The molecule has 0 aromatic heterocycles. The van der Waals surface area contributed by atoms with E-state index in [1.807, 2.05) is 39.5 Å². The van der Waals surface area contributed by atoms with Crippen molar-refractivity contribution in [3.8, 4) is 0 Å². The maximum Gasteiger partial charge on any atom is 0.410 e. The molecular formula is C17H31N3O4. The van der Waals surface area contributed by atoms with Gasteiger partial charge in [-0.2, -0.15) is 0 Å². The van der Waals surface area contributed by atoms with Crippen molar-refractivity contribution in [2.24, 2.45) is 0 Å². The van der Waals surface area contributed by atoms with Gasteiger partial charge in [0.1, 0.15) is 5.60 Å². The van der Waals surface area contributed by atoms with Crippen molar-refractivity contribution in [2.75, 3.05) is 45.9 Å². The maximum absolute atomic E-state index is 12.4. The summed E-state index contributed by atoms with van der Waals surface area (Å²) in [4.78, 5) is 30.4. The predicted molar refractivity (Wildman–Crippen MR) is 90.8 cm³/mol. The van der Waals surface area contributed by atoms with Crippen LogP contribution in [0.25, 0.3) is 0 Å². The molecule has 24 heavy (non-hydrogen) atoms. The van der Waals surface area contributed by atoms with E-state index in [4.69, 9.17) is 9.47 Å². The average Bonchev–Trinajstić information content (AvgIpc) is 2.45. The number of morpholine rings is 1. The topological polar surface area (TPSA) is 62.3 Å². The van der Waals surface area contributed by atoms with Crippen molar-refractivity contribution in [3.63, 3.8) is 0 Å². The van der Waals surface area contributed by atoms with Crippen LogP contribution in [-0.4, -0.2) is 90.3 Å². The number of piperazine rings is 1. The van der Waals surface area contributed by atoms with Crippen LogP contribution in [-0.2, 0) is 14.3 Å². The maximum atomic E-state index is 12.4. The fraction of sp³-hybridized carbons (Fsp3) is 0.882. The third-order valence-electron chi connectivity index (χ3n) is 4.29. The van der Waals surface area contributed by atoms with E-state index in [1.54, 1.807) is 4.90 Å². The minimum Gasteiger partial charge on any atom is -0.444 e. The van der Waals surface area contributed by atoms with Crippen LogP contribution in [0.15, 0.2) is 0 Å². The first-order chi connectivity index (χ1) is 11.2. The van der Waals surface area contributed by atoms with Gasteiger partial charge in [-0.15, -0.1) is 0 Å². The summed E-state index contributed by atoms with van der Waals surface area (Å²) < 4.78 is 10.9. The largest absolute Gasteiger partial charge is 0.444 e. The summed E-state index contributed by atoms with van der Waals surface area (Å²) in [7, 11) is 0. The highest BCUT2D eigenvalue weighted by atomic mass is 16.6. The number of hydrogen-bond acceptors (Lipinski definition) is 5. The van der Waals surface area contributed by atoms with E-state index >= 15 is 0 Å². The van der Waals surface area contributed by atoms with Crippen molar-refractivity contribution in [1.29, 1.82) is 0 Å². The zero-order chi connectivity index (χ0) is 17.9. The van der Waals surface area contributed by atoms with Crippen LogP contribution < -0.4 is 0 Å². The minimum atomic E-state index is -0.489. The third kappa shape index (κ3) is 5.34. The average molecular weight is 341 g/mol. The summed E-state index contributed by atoms with van der Waals surface area (Å²) >= 11 is 0. The minimum absolute atomic E-state index is 0.0324. The Hall–Kier alpha value is -1.34. The quantitative estimate of drug-likeness (QED) is 0.755. The first-order valence-electron chi connectivity index (χ1n) is 8.77. The van der Waals surface area contributed by atoms with Crippen molar-refractivity contribution < 1.29 is 19.1 Å². The molecule has 2 fully saturated rings. The highest BCUT2D eigenvalue weighted by Gasteiger charge is 2.32. The van der Waals surface area contributed by atoms with Crippen LogP contribution in [0.4, 0.5) is 4.79 Å². The summed E-state index contributed by atoms with van der Waals surface area (Å²) in [6, 6.07) is 0.0324. The number of hydrogen-bond donors (Lipinski definition) is 0. The van der Waals surface area contributed by atoms with Gasteiger partial charge in [-0.3, -0.25) is 9.69 Å². The first kappa shape index (κ1) is 19.0. The van der Waals surface area contributed by atoms with Gasteiger partial charge in [-0.25, -0.2) is 4.79 Å². The number of nitrogens with zero attached hydrogens (tertiary/aromatic N) is 3. The van der Waals surface area contributed by atoms with Gasteiger partial charge in [0.2, 0.25) is 5.91 Å². The van der Waals surface area contributed by atoms with Gasteiger partial charge in [0.25, 0.3) is 0 Å². The van der Waals surface area contributed by atoms with Gasteiger partial charge < -0.3 is 19.3 Å². The number of ether oxygens (including phenoxy) is 2. The molecule has 2 aliphatic rings. The van der Waals surface area contributed by atoms with Crippen LogP contribution >= 0.6 is 0 Å². The second-order valence-corrected chi connectivity index (χ2v) is 7.78. The Morgan fingerprint density at radius 2 is 1.83 bits per heavy atom. The number of rotatable bonds is 2. The van der Waals surface area contributed by atoms with Crippen LogP contribution in [0.1, 0.15) is 34.6 Å². The molecule has 0 saturated carbocycles. The second-order valence-electron chi connectivity index (χ2n) is 7.78. The van der Waals surface area contributed by atoms with Crippen LogP contribution in [0.3, 0.4) is 0 Å². The number of carbonyl (C=O) groups excluding carboxylic acids is 2. The Morgan fingerprint density at radius 3 is 2.42 bits per heavy atom. The molecule has 138 valence electrons. The number of carbonyl (C=O) groups is 2. The lowest BCUT2D eigenvalue weighted by atomic mass is 10.2. The van der Waals surface area contributed by atoms with E-state index in [2.05, 4.69) is 4.90 Å². The molecule has 2 atom stereocenters. The van der Waals surface area contributed by atoms with E-state index in [0.29, 0.717) is 45.9 Å². The van der Waals surface area contributed by atoms with Crippen molar-refractivity contribution in [1.82, 2.24) is 14.7 Å². The molecular weight excluding hydrogens is 310 g/mol. The zero-order valence-electron chi connectivity index (χ0n) is 15.6. The zero-order valence-corrected chi connectivity index (χ0v) is 15.6. The molecule has 2 rings (SSSR count). The summed E-state index contributed by atoms with van der Waals surface area (Å²) in [6.45, 7) is 13.9. The van der Waals surface area contributed by atoms with Gasteiger partial charge in [0.15, 0.2) is 0 Å². The van der Waals surface area contributed by atoms with Crippen molar-refractivity contribution >= 4 is 12.0 Å². The Bertz CT molecular complexity index is 463. The fourth-order valence-electron chi connectivity index (χ4n) is 3.10. The van der Waals surface area contributed by atoms with Crippen LogP contribution in [0, 0.1) is 0 Å². The lowest BCUT2D eigenvalue weighted by Gasteiger charge is -2.40. The molecule has 0 unspecified atom stereocenters. The summed E-state index contributed by atoms with van der Waals surface area (Å²) in [5.74, 6) is 0.142. The van der Waals surface area contributed by atoms with Gasteiger partial charge in [0.05, 0.1) is 19.3 Å². The molecule has 7 nitrogen and oxygen atoms in total. The number of amides is 2. The normalized spacial score (nSPS) is 26.4. The van der Waals surface area contributed by atoms with Crippen LogP contribution in [0.5, 0.6) is 0 Å². The van der Waals surface area contributed by atoms with Gasteiger partial charge in [-0.1, -0.05) is 0 Å². The molecule has 2 saturated heterocycles. The molecule has 2 amide bonds. The molecule has 0 N–H and O–H groups in total. The first-order valence-corrected chi connectivity index (χ1v) is 8.77. The van der Waals surface area contributed by atoms with E-state index in [-0.39, 0.29) is 24.1 Å². The molecule has 0 spiro atoms. The van der Waals surface area contributed by atoms with E-state index in [9.17, 15) is 9.59 Å².